The number of aryl methyl sites for hydroxylation is 1. The van der Waals surface area contributed by atoms with Crippen LogP contribution >= 0.6 is 11.6 Å². The van der Waals surface area contributed by atoms with Crippen molar-refractivity contribution in [3.05, 3.63) is 41.2 Å². The van der Waals surface area contributed by atoms with E-state index >= 15 is 0 Å². The lowest BCUT2D eigenvalue weighted by molar-refractivity contribution is -0.124. The minimum absolute atomic E-state index is 0.0101. The standard InChI is InChI=1S/C16H18ClN3O3/c1-11-8-20(14-5-3-4-13(17)16(14)23-11)15(21)10-22-9-12-6-7-18-19(12)2/h3-7,11H,8-10H2,1-2H3/t11-/m1/s1. The molecule has 0 spiro atoms. The van der Waals surface area contributed by atoms with Gasteiger partial charge in [0.2, 0.25) is 0 Å². The van der Waals surface area contributed by atoms with Crippen molar-refractivity contribution in [3.63, 3.8) is 0 Å². The van der Waals surface area contributed by atoms with Gasteiger partial charge in [-0.15, -0.1) is 0 Å². The van der Waals surface area contributed by atoms with E-state index in [-0.39, 0.29) is 18.6 Å². The van der Waals surface area contributed by atoms with Crippen molar-refractivity contribution < 1.29 is 14.3 Å². The number of carbonyl (C=O) groups is 1. The first-order valence-corrected chi connectivity index (χ1v) is 7.74. The number of hydrogen-bond acceptors (Lipinski definition) is 4. The number of halogens is 1. The highest BCUT2D eigenvalue weighted by Crippen LogP contribution is 2.39. The van der Waals surface area contributed by atoms with Gasteiger partial charge in [-0.2, -0.15) is 5.10 Å². The molecule has 0 saturated heterocycles. The monoisotopic (exact) mass is 335 g/mol. The minimum atomic E-state index is -0.122. The van der Waals surface area contributed by atoms with Gasteiger partial charge in [0, 0.05) is 13.2 Å². The Morgan fingerprint density at radius 3 is 3.04 bits per heavy atom. The van der Waals surface area contributed by atoms with E-state index in [0.717, 1.165) is 5.69 Å². The maximum Gasteiger partial charge on any atom is 0.253 e. The van der Waals surface area contributed by atoms with Crippen molar-refractivity contribution >= 4 is 23.2 Å². The van der Waals surface area contributed by atoms with Crippen LogP contribution in [0.25, 0.3) is 0 Å². The number of para-hydroxylation sites is 1. The van der Waals surface area contributed by atoms with Crippen molar-refractivity contribution in [2.24, 2.45) is 7.05 Å². The molecule has 0 fully saturated rings. The maximum absolute atomic E-state index is 12.5. The highest BCUT2D eigenvalue weighted by molar-refractivity contribution is 6.32. The summed E-state index contributed by atoms with van der Waals surface area (Å²) in [6, 6.07) is 7.24. The van der Waals surface area contributed by atoms with Crippen LogP contribution in [-0.4, -0.2) is 34.9 Å². The Morgan fingerprint density at radius 2 is 2.30 bits per heavy atom. The van der Waals surface area contributed by atoms with E-state index in [4.69, 9.17) is 21.1 Å². The van der Waals surface area contributed by atoms with E-state index < -0.39 is 0 Å². The molecule has 3 rings (SSSR count). The smallest absolute Gasteiger partial charge is 0.253 e. The second-order valence-corrected chi connectivity index (χ2v) is 5.87. The molecule has 1 aliphatic rings. The van der Waals surface area contributed by atoms with Crippen molar-refractivity contribution in [1.29, 1.82) is 0 Å². The van der Waals surface area contributed by atoms with Gasteiger partial charge in [-0.3, -0.25) is 9.48 Å². The molecule has 1 atom stereocenters. The third-order valence-corrected chi connectivity index (χ3v) is 3.99. The number of aromatic nitrogens is 2. The quantitative estimate of drug-likeness (QED) is 0.861. The second-order valence-electron chi connectivity index (χ2n) is 5.46. The predicted molar refractivity (Wildman–Crippen MR) is 86.8 cm³/mol. The fourth-order valence-corrected chi connectivity index (χ4v) is 2.73. The normalized spacial score (nSPS) is 16.8. The van der Waals surface area contributed by atoms with E-state index in [9.17, 15) is 4.79 Å². The average molecular weight is 336 g/mol. The zero-order valence-electron chi connectivity index (χ0n) is 13.0. The number of fused-ring (bicyclic) bond motifs is 1. The fraction of sp³-hybridized carbons (Fsp3) is 0.375. The van der Waals surface area contributed by atoms with Gasteiger partial charge >= 0.3 is 0 Å². The van der Waals surface area contributed by atoms with Gasteiger partial charge in [-0.25, -0.2) is 0 Å². The van der Waals surface area contributed by atoms with Gasteiger partial charge in [0.15, 0.2) is 5.75 Å². The summed E-state index contributed by atoms with van der Waals surface area (Å²) in [4.78, 5) is 14.2. The molecule has 0 saturated carbocycles. The molecule has 7 heteroatoms. The van der Waals surface area contributed by atoms with Crippen LogP contribution < -0.4 is 9.64 Å². The lowest BCUT2D eigenvalue weighted by Crippen LogP contribution is -2.44. The first kappa shape index (κ1) is 15.8. The lowest BCUT2D eigenvalue weighted by atomic mass is 10.2. The van der Waals surface area contributed by atoms with Gasteiger partial charge in [-0.05, 0) is 25.1 Å². The number of anilines is 1. The maximum atomic E-state index is 12.5. The van der Waals surface area contributed by atoms with E-state index in [2.05, 4.69) is 5.10 Å². The molecule has 0 bridgehead atoms. The minimum Gasteiger partial charge on any atom is -0.485 e. The molecule has 0 radical (unpaired) electrons. The molecule has 1 amide bonds. The van der Waals surface area contributed by atoms with E-state index in [1.165, 1.54) is 0 Å². The molecule has 1 aliphatic heterocycles. The second kappa shape index (κ2) is 6.60. The van der Waals surface area contributed by atoms with E-state index in [0.29, 0.717) is 29.6 Å². The lowest BCUT2D eigenvalue weighted by Gasteiger charge is -2.33. The number of nitrogens with zero attached hydrogens (tertiary/aromatic N) is 3. The molecule has 23 heavy (non-hydrogen) atoms. The van der Waals surface area contributed by atoms with Crippen LogP contribution in [0.2, 0.25) is 5.02 Å². The summed E-state index contributed by atoms with van der Waals surface area (Å²) in [6.07, 6.45) is 1.58. The molecule has 0 aliphatic carbocycles. The Hall–Kier alpha value is -2.05. The van der Waals surface area contributed by atoms with Crippen LogP contribution in [0, 0.1) is 0 Å². The van der Waals surface area contributed by atoms with Crippen LogP contribution in [0.3, 0.4) is 0 Å². The Kier molecular flexibility index (Phi) is 4.54. The summed E-state index contributed by atoms with van der Waals surface area (Å²) in [5.41, 5.74) is 1.60. The van der Waals surface area contributed by atoms with Crippen molar-refractivity contribution in [2.75, 3.05) is 18.1 Å². The summed E-state index contributed by atoms with van der Waals surface area (Å²) < 4.78 is 13.0. The summed E-state index contributed by atoms with van der Waals surface area (Å²) in [5.74, 6) is 0.429. The van der Waals surface area contributed by atoms with Crippen molar-refractivity contribution in [3.8, 4) is 5.75 Å². The Morgan fingerprint density at radius 1 is 1.48 bits per heavy atom. The summed E-state index contributed by atoms with van der Waals surface area (Å²) in [5, 5.41) is 4.57. The number of rotatable bonds is 4. The number of hydrogen-bond donors (Lipinski definition) is 0. The van der Waals surface area contributed by atoms with Gasteiger partial charge in [0.05, 0.1) is 29.6 Å². The number of ether oxygens (including phenoxy) is 2. The zero-order chi connectivity index (χ0) is 16.4. The highest BCUT2D eigenvalue weighted by Gasteiger charge is 2.29. The Labute approximate surface area is 139 Å². The average Bonchev–Trinajstić information content (AvgIpc) is 2.93. The topological polar surface area (TPSA) is 56.6 Å². The van der Waals surface area contributed by atoms with Crippen LogP contribution in [0.1, 0.15) is 12.6 Å². The number of benzene rings is 1. The van der Waals surface area contributed by atoms with Gasteiger partial charge < -0.3 is 14.4 Å². The van der Waals surface area contributed by atoms with E-state index in [1.807, 2.05) is 26.1 Å². The molecule has 2 heterocycles. The molecular formula is C16H18ClN3O3. The molecule has 1 aromatic carbocycles. The summed E-state index contributed by atoms with van der Waals surface area (Å²) in [7, 11) is 1.84. The summed E-state index contributed by atoms with van der Waals surface area (Å²) >= 11 is 6.16. The SMILES string of the molecule is C[C@@H]1CN(C(=O)COCc2ccnn2C)c2cccc(Cl)c2O1. The van der Waals surface area contributed by atoms with Gasteiger partial charge in [0.1, 0.15) is 12.7 Å². The Bertz CT molecular complexity index is 716. The molecular weight excluding hydrogens is 318 g/mol. The number of amides is 1. The Balaban J connectivity index is 1.68. The van der Waals surface area contributed by atoms with Crippen molar-refractivity contribution in [1.82, 2.24) is 9.78 Å². The van der Waals surface area contributed by atoms with Crippen molar-refractivity contribution in [2.45, 2.75) is 19.6 Å². The molecule has 0 unspecified atom stereocenters. The largest absolute Gasteiger partial charge is 0.485 e. The van der Waals surface area contributed by atoms with Gasteiger partial charge in [0.25, 0.3) is 5.91 Å². The third-order valence-electron chi connectivity index (χ3n) is 3.69. The van der Waals surface area contributed by atoms with Crippen LogP contribution in [-0.2, 0) is 23.2 Å². The molecule has 1 aromatic heterocycles. The first-order valence-electron chi connectivity index (χ1n) is 7.36. The molecule has 122 valence electrons. The molecule has 6 nitrogen and oxygen atoms in total. The van der Waals surface area contributed by atoms with Crippen LogP contribution in [0.15, 0.2) is 30.5 Å². The van der Waals surface area contributed by atoms with Gasteiger partial charge in [-0.1, -0.05) is 17.7 Å². The molecule has 0 N–H and O–H groups in total. The predicted octanol–water partition coefficient (Wildman–Crippen LogP) is 2.40. The summed E-state index contributed by atoms with van der Waals surface area (Å²) in [6.45, 7) is 2.71. The first-order chi connectivity index (χ1) is 11.1. The highest BCUT2D eigenvalue weighted by atomic mass is 35.5. The zero-order valence-corrected chi connectivity index (χ0v) is 13.8. The number of carbonyl (C=O) groups excluding carboxylic acids is 1. The van der Waals surface area contributed by atoms with Crippen LogP contribution in [0.5, 0.6) is 5.75 Å². The molecule has 2 aromatic rings. The van der Waals surface area contributed by atoms with Crippen LogP contribution in [0.4, 0.5) is 5.69 Å². The third kappa shape index (κ3) is 3.33. The fourth-order valence-electron chi connectivity index (χ4n) is 2.52. The van der Waals surface area contributed by atoms with E-state index in [1.54, 1.807) is 27.9 Å².